The highest BCUT2D eigenvalue weighted by atomic mass is 16.7. The van der Waals surface area contributed by atoms with E-state index in [-0.39, 0.29) is 16.8 Å². The lowest BCUT2D eigenvalue weighted by Gasteiger charge is -2.32. The Morgan fingerprint density at radius 3 is 2.12 bits per heavy atom. The zero-order valence-corrected chi connectivity index (χ0v) is 15.9. The van der Waals surface area contributed by atoms with Gasteiger partial charge in [0.1, 0.15) is 17.1 Å². The zero-order valence-electron chi connectivity index (χ0n) is 15.9. The van der Waals surface area contributed by atoms with E-state index in [0.717, 1.165) is 29.8 Å². The fourth-order valence-corrected chi connectivity index (χ4v) is 2.56. The van der Waals surface area contributed by atoms with Gasteiger partial charge in [-0.1, -0.05) is 6.07 Å². The summed E-state index contributed by atoms with van der Waals surface area (Å²) in [4.78, 5) is 0. The molecule has 1 saturated heterocycles. The molecular weight excluding hydrogens is 303 g/mol. The first kappa shape index (κ1) is 17.6. The van der Waals surface area contributed by atoms with Crippen molar-refractivity contribution in [3.63, 3.8) is 0 Å². The summed E-state index contributed by atoms with van der Waals surface area (Å²) >= 11 is 0. The van der Waals surface area contributed by atoms with E-state index in [0.29, 0.717) is 6.10 Å². The van der Waals surface area contributed by atoms with Gasteiger partial charge in [0.05, 0.1) is 17.3 Å². The van der Waals surface area contributed by atoms with Gasteiger partial charge in [-0.25, -0.2) is 0 Å². The number of hydrogen-bond acceptors (Lipinski definition) is 4. The van der Waals surface area contributed by atoms with Gasteiger partial charge < -0.3 is 18.8 Å². The van der Waals surface area contributed by atoms with E-state index < -0.39 is 7.12 Å². The standard InChI is InChI=1S/C19H29BO4/c1-17(2,3)22-14-10-11-15(16(12-14)21-13-8-9-13)20-23-18(4,5)19(6,7)24-20/h10-13H,8-9H2,1-7H3. The van der Waals surface area contributed by atoms with Crippen molar-refractivity contribution < 1.29 is 18.8 Å². The molecule has 1 saturated carbocycles. The van der Waals surface area contributed by atoms with Crippen molar-refractivity contribution in [2.24, 2.45) is 0 Å². The lowest BCUT2D eigenvalue weighted by Crippen LogP contribution is -2.41. The van der Waals surface area contributed by atoms with E-state index in [4.69, 9.17) is 18.8 Å². The van der Waals surface area contributed by atoms with Crippen molar-refractivity contribution in [1.82, 2.24) is 0 Å². The summed E-state index contributed by atoms with van der Waals surface area (Å²) in [5.74, 6) is 1.61. The second-order valence-corrected chi connectivity index (χ2v) is 8.82. The van der Waals surface area contributed by atoms with Crippen LogP contribution >= 0.6 is 0 Å². The Morgan fingerprint density at radius 2 is 1.62 bits per heavy atom. The van der Waals surface area contributed by atoms with Crippen molar-refractivity contribution >= 4 is 12.6 Å². The van der Waals surface area contributed by atoms with Crippen LogP contribution in [0.2, 0.25) is 0 Å². The topological polar surface area (TPSA) is 36.9 Å². The van der Waals surface area contributed by atoms with Gasteiger partial charge in [0.25, 0.3) is 0 Å². The number of ether oxygens (including phenoxy) is 2. The molecule has 0 N–H and O–H groups in total. The van der Waals surface area contributed by atoms with E-state index >= 15 is 0 Å². The highest BCUT2D eigenvalue weighted by Gasteiger charge is 2.52. The Balaban J connectivity index is 1.89. The first-order valence-electron chi connectivity index (χ1n) is 8.82. The molecule has 1 aliphatic carbocycles. The lowest BCUT2D eigenvalue weighted by molar-refractivity contribution is 0.00578. The summed E-state index contributed by atoms with van der Waals surface area (Å²) in [5.41, 5.74) is -0.0470. The number of benzene rings is 1. The molecule has 132 valence electrons. The normalized spacial score (nSPS) is 22.5. The molecule has 0 bridgehead atoms. The van der Waals surface area contributed by atoms with Crippen LogP contribution in [0.25, 0.3) is 0 Å². The Morgan fingerprint density at radius 1 is 1.04 bits per heavy atom. The monoisotopic (exact) mass is 332 g/mol. The van der Waals surface area contributed by atoms with Crippen LogP contribution in [0.3, 0.4) is 0 Å². The fraction of sp³-hybridized carbons (Fsp3) is 0.684. The van der Waals surface area contributed by atoms with Crippen molar-refractivity contribution in [2.75, 3.05) is 0 Å². The van der Waals surface area contributed by atoms with Crippen LogP contribution in [-0.4, -0.2) is 30.0 Å². The van der Waals surface area contributed by atoms with Gasteiger partial charge in [0.2, 0.25) is 0 Å². The molecule has 24 heavy (non-hydrogen) atoms. The van der Waals surface area contributed by atoms with Crippen molar-refractivity contribution in [3.05, 3.63) is 18.2 Å². The molecule has 5 heteroatoms. The largest absolute Gasteiger partial charge is 0.498 e. The number of rotatable bonds is 4. The Kier molecular flexibility index (Phi) is 4.16. The summed E-state index contributed by atoms with van der Waals surface area (Å²) in [6.45, 7) is 14.4. The van der Waals surface area contributed by atoms with E-state index in [9.17, 15) is 0 Å². The van der Waals surface area contributed by atoms with Crippen LogP contribution in [0, 0.1) is 0 Å². The molecule has 4 nitrogen and oxygen atoms in total. The third-order valence-electron chi connectivity index (χ3n) is 4.73. The summed E-state index contributed by atoms with van der Waals surface area (Å²) < 4.78 is 24.5. The van der Waals surface area contributed by atoms with Crippen LogP contribution < -0.4 is 14.9 Å². The van der Waals surface area contributed by atoms with E-state index in [2.05, 4.69) is 27.7 Å². The maximum absolute atomic E-state index is 6.19. The van der Waals surface area contributed by atoms with Crippen molar-refractivity contribution in [2.45, 2.75) is 84.2 Å². The molecule has 1 heterocycles. The Bertz CT molecular complexity index is 598. The van der Waals surface area contributed by atoms with Crippen LogP contribution in [0.5, 0.6) is 11.5 Å². The first-order valence-corrected chi connectivity index (χ1v) is 8.82. The molecule has 0 aromatic heterocycles. The second-order valence-electron chi connectivity index (χ2n) is 8.82. The van der Waals surface area contributed by atoms with E-state index in [1.807, 2.05) is 39.0 Å². The molecule has 0 atom stereocenters. The maximum Gasteiger partial charge on any atom is 0.498 e. The minimum atomic E-state index is -0.424. The molecule has 1 aromatic rings. The molecule has 0 unspecified atom stereocenters. The fourth-order valence-electron chi connectivity index (χ4n) is 2.56. The molecule has 0 spiro atoms. The summed E-state index contributed by atoms with van der Waals surface area (Å²) in [7, 11) is -0.424. The molecule has 0 radical (unpaired) electrons. The molecule has 0 amide bonds. The minimum Gasteiger partial charge on any atom is -0.491 e. The van der Waals surface area contributed by atoms with Gasteiger partial charge in [0, 0.05) is 11.5 Å². The average Bonchev–Trinajstić information content (AvgIpc) is 3.15. The highest BCUT2D eigenvalue weighted by molar-refractivity contribution is 6.63. The average molecular weight is 332 g/mol. The molecular formula is C19H29BO4. The minimum absolute atomic E-state index is 0.247. The van der Waals surface area contributed by atoms with E-state index in [1.165, 1.54) is 0 Å². The Labute approximate surface area is 146 Å². The van der Waals surface area contributed by atoms with Gasteiger partial charge in [0.15, 0.2) is 0 Å². The molecule has 3 rings (SSSR count). The van der Waals surface area contributed by atoms with Crippen LogP contribution in [0.4, 0.5) is 0 Å². The van der Waals surface area contributed by atoms with Crippen LogP contribution in [-0.2, 0) is 9.31 Å². The predicted octanol–water partition coefficient (Wildman–Crippen LogP) is 3.70. The third-order valence-corrected chi connectivity index (χ3v) is 4.73. The first-order chi connectivity index (χ1) is 11.0. The van der Waals surface area contributed by atoms with Gasteiger partial charge in [-0.3, -0.25) is 0 Å². The number of hydrogen-bond donors (Lipinski definition) is 0. The molecule has 1 aromatic carbocycles. The summed E-state index contributed by atoms with van der Waals surface area (Å²) in [6, 6.07) is 5.93. The van der Waals surface area contributed by atoms with Crippen LogP contribution in [0.1, 0.15) is 61.3 Å². The highest BCUT2D eigenvalue weighted by Crippen LogP contribution is 2.38. The maximum atomic E-state index is 6.19. The van der Waals surface area contributed by atoms with E-state index in [1.54, 1.807) is 0 Å². The third kappa shape index (κ3) is 3.73. The smallest absolute Gasteiger partial charge is 0.491 e. The molecule has 2 aliphatic rings. The lowest BCUT2D eigenvalue weighted by atomic mass is 9.78. The Hall–Kier alpha value is -1.20. The van der Waals surface area contributed by atoms with Gasteiger partial charge in [-0.2, -0.15) is 0 Å². The van der Waals surface area contributed by atoms with Gasteiger partial charge >= 0.3 is 7.12 Å². The van der Waals surface area contributed by atoms with Gasteiger partial charge in [-0.15, -0.1) is 0 Å². The summed E-state index contributed by atoms with van der Waals surface area (Å²) in [6.07, 6.45) is 2.51. The SMILES string of the molecule is CC(C)(C)Oc1ccc(B2OC(C)(C)C(C)(C)O2)c(OC2CC2)c1. The molecule has 2 fully saturated rings. The van der Waals surface area contributed by atoms with Crippen LogP contribution in [0.15, 0.2) is 18.2 Å². The summed E-state index contributed by atoms with van der Waals surface area (Å²) in [5, 5.41) is 0. The molecule has 1 aliphatic heterocycles. The van der Waals surface area contributed by atoms with Crippen molar-refractivity contribution in [3.8, 4) is 11.5 Å². The zero-order chi connectivity index (χ0) is 17.8. The quantitative estimate of drug-likeness (QED) is 0.788. The second kappa shape index (κ2) is 5.67. The van der Waals surface area contributed by atoms with Crippen molar-refractivity contribution in [1.29, 1.82) is 0 Å². The predicted molar refractivity (Wildman–Crippen MR) is 96.2 cm³/mol. The van der Waals surface area contributed by atoms with Gasteiger partial charge in [-0.05, 0) is 67.4 Å².